The van der Waals surface area contributed by atoms with Crippen molar-refractivity contribution in [2.75, 3.05) is 19.0 Å². The van der Waals surface area contributed by atoms with Gasteiger partial charge in [-0.2, -0.15) is 0 Å². The van der Waals surface area contributed by atoms with Gasteiger partial charge in [0.25, 0.3) is 0 Å². The van der Waals surface area contributed by atoms with Crippen LogP contribution in [0.2, 0.25) is 5.02 Å². The van der Waals surface area contributed by atoms with Crippen LogP contribution in [0.25, 0.3) is 0 Å². The van der Waals surface area contributed by atoms with Crippen LogP contribution in [0.5, 0.6) is 0 Å². The molecule has 5 heteroatoms. The highest BCUT2D eigenvalue weighted by Crippen LogP contribution is 2.20. The minimum Gasteiger partial charge on any atom is -0.374 e. The number of hydrogen-bond acceptors (Lipinski definition) is 2. The highest BCUT2D eigenvalue weighted by molar-refractivity contribution is 6.30. The first-order valence-electron chi connectivity index (χ1n) is 5.95. The van der Waals surface area contributed by atoms with Crippen molar-refractivity contribution in [3.8, 4) is 0 Å². The molecule has 2 unspecified atom stereocenters. The summed E-state index contributed by atoms with van der Waals surface area (Å²) in [5, 5.41) is 0.160. The predicted molar refractivity (Wildman–Crippen MR) is 71.7 cm³/mol. The van der Waals surface area contributed by atoms with Gasteiger partial charge in [0.2, 0.25) is 0 Å². The van der Waals surface area contributed by atoms with Crippen LogP contribution in [0.4, 0.5) is 4.39 Å². The zero-order valence-corrected chi connectivity index (χ0v) is 11.7. The van der Waals surface area contributed by atoms with Gasteiger partial charge in [-0.05, 0) is 24.6 Å². The third-order valence-electron chi connectivity index (χ3n) is 3.18. The molecule has 0 aromatic heterocycles. The molecule has 18 heavy (non-hydrogen) atoms. The van der Waals surface area contributed by atoms with Gasteiger partial charge in [-0.1, -0.05) is 17.7 Å². The van der Waals surface area contributed by atoms with Gasteiger partial charge in [-0.15, -0.1) is 11.6 Å². The Morgan fingerprint density at radius 1 is 1.50 bits per heavy atom. The molecule has 2 atom stereocenters. The topological polar surface area (TPSA) is 12.5 Å². The lowest BCUT2D eigenvalue weighted by atomic mass is 10.1. The second kappa shape index (κ2) is 6.20. The maximum atomic E-state index is 13.4. The lowest BCUT2D eigenvalue weighted by Crippen LogP contribution is -2.48. The van der Waals surface area contributed by atoms with E-state index in [0.29, 0.717) is 25.1 Å². The molecule has 2 rings (SSSR count). The van der Waals surface area contributed by atoms with Crippen molar-refractivity contribution in [1.29, 1.82) is 0 Å². The van der Waals surface area contributed by atoms with E-state index in [-0.39, 0.29) is 16.9 Å². The number of hydrogen-bond donors (Lipinski definition) is 0. The lowest BCUT2D eigenvalue weighted by molar-refractivity contribution is -0.0510. The Morgan fingerprint density at radius 2 is 2.28 bits per heavy atom. The summed E-state index contributed by atoms with van der Waals surface area (Å²) >= 11 is 11.5. The molecule has 1 heterocycles. The molecule has 0 saturated carbocycles. The quantitative estimate of drug-likeness (QED) is 0.793. The summed E-state index contributed by atoms with van der Waals surface area (Å²) in [6, 6.07) is 5.24. The second-order valence-corrected chi connectivity index (χ2v) is 5.35. The molecule has 1 aliphatic rings. The zero-order chi connectivity index (χ0) is 13.1. The van der Waals surface area contributed by atoms with E-state index in [1.165, 1.54) is 6.07 Å². The normalized spacial score (nSPS) is 25.3. The van der Waals surface area contributed by atoms with Crippen molar-refractivity contribution in [1.82, 2.24) is 4.90 Å². The molecule has 1 aromatic rings. The summed E-state index contributed by atoms with van der Waals surface area (Å²) < 4.78 is 19.0. The number of benzene rings is 1. The van der Waals surface area contributed by atoms with Gasteiger partial charge in [-0.25, -0.2) is 4.39 Å². The second-order valence-electron chi connectivity index (χ2n) is 4.64. The lowest BCUT2D eigenvalue weighted by Gasteiger charge is -2.37. The van der Waals surface area contributed by atoms with Crippen LogP contribution in [0, 0.1) is 5.82 Å². The average molecular weight is 292 g/mol. The third-order valence-corrected chi connectivity index (χ3v) is 3.83. The molecular formula is C13H16Cl2FNO. The van der Waals surface area contributed by atoms with Crippen molar-refractivity contribution in [2.45, 2.75) is 25.6 Å². The number of ether oxygens (including phenoxy) is 1. The van der Waals surface area contributed by atoms with Crippen molar-refractivity contribution in [3.05, 3.63) is 34.6 Å². The molecule has 0 aliphatic carbocycles. The first-order valence-corrected chi connectivity index (χ1v) is 6.87. The largest absolute Gasteiger partial charge is 0.374 e. The van der Waals surface area contributed by atoms with Gasteiger partial charge in [0.05, 0.1) is 17.7 Å². The van der Waals surface area contributed by atoms with Gasteiger partial charge in [0.15, 0.2) is 0 Å². The molecule has 0 amide bonds. The van der Waals surface area contributed by atoms with Gasteiger partial charge < -0.3 is 4.74 Å². The van der Waals surface area contributed by atoms with Crippen LogP contribution in [-0.2, 0) is 11.3 Å². The van der Waals surface area contributed by atoms with Crippen LogP contribution < -0.4 is 0 Å². The smallest absolute Gasteiger partial charge is 0.142 e. The molecule has 1 fully saturated rings. The third kappa shape index (κ3) is 3.35. The van der Waals surface area contributed by atoms with Crippen LogP contribution >= 0.6 is 23.2 Å². The van der Waals surface area contributed by atoms with E-state index < -0.39 is 0 Å². The fourth-order valence-electron chi connectivity index (χ4n) is 2.06. The number of alkyl halides is 1. The molecule has 0 spiro atoms. The molecule has 1 saturated heterocycles. The number of rotatable bonds is 3. The minimum atomic E-state index is -0.371. The Morgan fingerprint density at radius 3 is 2.94 bits per heavy atom. The van der Waals surface area contributed by atoms with Crippen LogP contribution in [0.3, 0.4) is 0 Å². The first kappa shape index (κ1) is 14.1. The highest BCUT2D eigenvalue weighted by Gasteiger charge is 2.25. The summed E-state index contributed by atoms with van der Waals surface area (Å²) in [6.45, 7) is 4.21. The molecule has 2 nitrogen and oxygen atoms in total. The highest BCUT2D eigenvalue weighted by atomic mass is 35.5. The maximum absolute atomic E-state index is 13.4. The summed E-state index contributed by atoms with van der Waals surface area (Å²) in [5.41, 5.74) is 0.916. The number of nitrogens with zero attached hydrogens (tertiary/aromatic N) is 1. The fraction of sp³-hybridized carbons (Fsp3) is 0.538. The van der Waals surface area contributed by atoms with Crippen molar-refractivity contribution in [2.24, 2.45) is 0 Å². The number of morpholine rings is 1. The van der Waals surface area contributed by atoms with Gasteiger partial charge in [0, 0.05) is 25.0 Å². The standard InChI is InChI=1S/C13H16Cl2FNO/c1-9-8-18-11(5-14)7-17(9)6-10-2-3-12(15)13(16)4-10/h2-4,9,11H,5-8H2,1H3. The van der Waals surface area contributed by atoms with E-state index in [1.807, 2.05) is 6.07 Å². The van der Waals surface area contributed by atoms with E-state index >= 15 is 0 Å². The Kier molecular flexibility index (Phi) is 4.84. The Labute approximate surface area is 117 Å². The van der Waals surface area contributed by atoms with Crippen molar-refractivity contribution in [3.63, 3.8) is 0 Å². The van der Waals surface area contributed by atoms with Gasteiger partial charge >= 0.3 is 0 Å². The Hall–Kier alpha value is -0.350. The Balaban J connectivity index is 2.04. The monoisotopic (exact) mass is 291 g/mol. The minimum absolute atomic E-state index is 0.0556. The average Bonchev–Trinajstić information content (AvgIpc) is 2.36. The maximum Gasteiger partial charge on any atom is 0.142 e. The summed E-state index contributed by atoms with van der Waals surface area (Å²) in [6.07, 6.45) is 0.0556. The molecule has 1 aromatic carbocycles. The van der Waals surface area contributed by atoms with E-state index in [0.717, 1.165) is 12.1 Å². The van der Waals surface area contributed by atoms with E-state index in [9.17, 15) is 4.39 Å². The Bertz CT molecular complexity index is 416. The summed E-state index contributed by atoms with van der Waals surface area (Å²) in [4.78, 5) is 2.25. The van der Waals surface area contributed by atoms with Gasteiger partial charge in [0.1, 0.15) is 5.82 Å². The predicted octanol–water partition coefficient (Wildman–Crippen LogP) is 3.31. The van der Waals surface area contributed by atoms with Crippen molar-refractivity contribution >= 4 is 23.2 Å². The van der Waals surface area contributed by atoms with Crippen LogP contribution in [0.1, 0.15) is 12.5 Å². The van der Waals surface area contributed by atoms with Gasteiger partial charge in [-0.3, -0.25) is 4.90 Å². The van der Waals surface area contributed by atoms with Crippen LogP contribution in [-0.4, -0.2) is 36.1 Å². The van der Waals surface area contributed by atoms with Crippen LogP contribution in [0.15, 0.2) is 18.2 Å². The first-order chi connectivity index (χ1) is 8.60. The summed E-state index contributed by atoms with van der Waals surface area (Å²) in [7, 11) is 0. The molecule has 0 radical (unpaired) electrons. The van der Waals surface area contributed by atoms with E-state index in [4.69, 9.17) is 27.9 Å². The van der Waals surface area contributed by atoms with E-state index in [1.54, 1.807) is 6.07 Å². The molecule has 0 bridgehead atoms. The molecular weight excluding hydrogens is 276 g/mol. The summed E-state index contributed by atoms with van der Waals surface area (Å²) in [5.74, 6) is 0.113. The molecule has 100 valence electrons. The SMILES string of the molecule is CC1COC(CCl)CN1Cc1ccc(Cl)c(F)c1. The molecule has 1 aliphatic heterocycles. The van der Waals surface area contributed by atoms with E-state index in [2.05, 4.69) is 11.8 Å². The van der Waals surface area contributed by atoms with Crippen molar-refractivity contribution < 1.29 is 9.13 Å². The molecule has 0 N–H and O–H groups in total. The fourth-order valence-corrected chi connectivity index (χ4v) is 2.37. The zero-order valence-electron chi connectivity index (χ0n) is 10.2. The number of halogens is 3.